The van der Waals surface area contributed by atoms with Crippen LogP contribution in [0.2, 0.25) is 10.0 Å². The molecular formula is C14H20Cl2N2O2. The van der Waals surface area contributed by atoms with Gasteiger partial charge in [-0.2, -0.15) is 0 Å². The van der Waals surface area contributed by atoms with Crippen molar-refractivity contribution in [3.8, 4) is 0 Å². The van der Waals surface area contributed by atoms with Crippen molar-refractivity contribution in [3.63, 3.8) is 0 Å². The van der Waals surface area contributed by atoms with Gasteiger partial charge in [-0.1, -0.05) is 44.0 Å². The molecule has 1 amide bonds. The number of rotatable bonds is 4. The molecule has 0 radical (unpaired) electrons. The van der Waals surface area contributed by atoms with Gasteiger partial charge in [0.1, 0.15) is 0 Å². The van der Waals surface area contributed by atoms with Crippen LogP contribution in [0.3, 0.4) is 0 Å². The number of hydrogen-bond donors (Lipinski definition) is 3. The van der Waals surface area contributed by atoms with Crippen LogP contribution in [0.25, 0.3) is 0 Å². The van der Waals surface area contributed by atoms with Crippen molar-refractivity contribution in [2.75, 3.05) is 12.3 Å². The third-order valence-corrected chi connectivity index (χ3v) is 3.74. The van der Waals surface area contributed by atoms with Crippen molar-refractivity contribution in [3.05, 3.63) is 27.7 Å². The molecule has 0 spiro atoms. The molecule has 1 unspecified atom stereocenters. The Balaban J connectivity index is 2.95. The van der Waals surface area contributed by atoms with Crippen LogP contribution in [0, 0.1) is 5.41 Å². The average Bonchev–Trinajstić information content (AvgIpc) is 2.33. The molecule has 20 heavy (non-hydrogen) atoms. The van der Waals surface area contributed by atoms with Gasteiger partial charge in [-0.05, 0) is 24.0 Å². The highest BCUT2D eigenvalue weighted by Gasteiger charge is 2.26. The third-order valence-electron chi connectivity index (χ3n) is 3.11. The Labute approximate surface area is 129 Å². The summed E-state index contributed by atoms with van der Waals surface area (Å²) >= 11 is 11.8. The predicted molar refractivity (Wildman–Crippen MR) is 83.3 cm³/mol. The fourth-order valence-corrected chi connectivity index (χ4v) is 2.29. The zero-order valence-corrected chi connectivity index (χ0v) is 13.3. The maximum absolute atomic E-state index is 12.2. The smallest absolute Gasteiger partial charge is 0.251 e. The van der Waals surface area contributed by atoms with Crippen LogP contribution >= 0.6 is 23.2 Å². The number of carbonyl (C=O) groups excluding carboxylic acids is 1. The summed E-state index contributed by atoms with van der Waals surface area (Å²) in [5, 5.41) is 12.5. The molecule has 0 fully saturated rings. The first-order chi connectivity index (χ1) is 9.16. The molecule has 0 heterocycles. The number of benzene rings is 1. The Bertz CT molecular complexity index is 475. The lowest BCUT2D eigenvalue weighted by Crippen LogP contribution is -2.44. The standard InChI is InChI=1S/C14H20Cl2N2O2/c1-14(2,3)11(4-5-19)18-13(20)8-6-9(15)12(17)10(16)7-8/h6-7,11,19H,4-5,17H2,1-3H3,(H,18,20). The summed E-state index contributed by atoms with van der Waals surface area (Å²) in [6.45, 7) is 6.00. The van der Waals surface area contributed by atoms with E-state index in [0.29, 0.717) is 12.0 Å². The Kier molecular flexibility index (Phi) is 5.68. The van der Waals surface area contributed by atoms with Crippen LogP contribution in [0.1, 0.15) is 37.6 Å². The van der Waals surface area contributed by atoms with Gasteiger partial charge in [-0.15, -0.1) is 0 Å². The molecule has 0 saturated heterocycles. The van der Waals surface area contributed by atoms with Crippen molar-refractivity contribution in [2.24, 2.45) is 5.41 Å². The molecule has 0 aromatic heterocycles. The first-order valence-electron chi connectivity index (χ1n) is 6.33. The van der Waals surface area contributed by atoms with Crippen molar-refractivity contribution in [1.29, 1.82) is 0 Å². The number of amides is 1. The molecule has 6 heteroatoms. The van der Waals surface area contributed by atoms with Crippen LogP contribution in [0.4, 0.5) is 5.69 Å². The van der Waals surface area contributed by atoms with Gasteiger partial charge in [0.15, 0.2) is 0 Å². The van der Waals surface area contributed by atoms with E-state index in [1.165, 1.54) is 12.1 Å². The number of carbonyl (C=O) groups is 1. The van der Waals surface area contributed by atoms with E-state index in [9.17, 15) is 4.79 Å². The molecule has 0 aliphatic heterocycles. The number of nitrogens with one attached hydrogen (secondary N) is 1. The Morgan fingerprint density at radius 2 is 1.85 bits per heavy atom. The SMILES string of the molecule is CC(C)(C)C(CCO)NC(=O)c1cc(Cl)c(N)c(Cl)c1. The summed E-state index contributed by atoms with van der Waals surface area (Å²) in [5.41, 5.74) is 6.08. The van der Waals surface area contributed by atoms with Gasteiger partial charge in [0, 0.05) is 18.2 Å². The van der Waals surface area contributed by atoms with E-state index in [-0.39, 0.29) is 39.7 Å². The summed E-state index contributed by atoms with van der Waals surface area (Å²) < 4.78 is 0. The van der Waals surface area contributed by atoms with Crippen molar-refractivity contribution in [2.45, 2.75) is 33.2 Å². The van der Waals surface area contributed by atoms with Gasteiger partial charge in [0.2, 0.25) is 0 Å². The Hall–Kier alpha value is -0.970. The number of aliphatic hydroxyl groups is 1. The van der Waals surface area contributed by atoms with Crippen LogP contribution in [0.5, 0.6) is 0 Å². The minimum Gasteiger partial charge on any atom is -0.396 e. The van der Waals surface area contributed by atoms with Crippen molar-refractivity contribution >= 4 is 34.8 Å². The highest BCUT2D eigenvalue weighted by atomic mass is 35.5. The van der Waals surface area contributed by atoms with Gasteiger partial charge < -0.3 is 16.2 Å². The predicted octanol–water partition coefficient (Wildman–Crippen LogP) is 3.10. The molecule has 0 aliphatic carbocycles. The first kappa shape index (κ1) is 17.1. The highest BCUT2D eigenvalue weighted by molar-refractivity contribution is 6.39. The van der Waals surface area contributed by atoms with Crippen LogP contribution in [0.15, 0.2) is 12.1 Å². The molecule has 1 rings (SSSR count). The van der Waals surface area contributed by atoms with Crippen LogP contribution < -0.4 is 11.1 Å². The van der Waals surface area contributed by atoms with E-state index in [1.54, 1.807) is 0 Å². The maximum Gasteiger partial charge on any atom is 0.251 e. The second-order valence-corrected chi connectivity index (χ2v) is 6.57. The van der Waals surface area contributed by atoms with Gasteiger partial charge in [-0.25, -0.2) is 0 Å². The molecule has 1 atom stereocenters. The topological polar surface area (TPSA) is 75.3 Å². The normalized spacial score (nSPS) is 13.1. The molecule has 0 bridgehead atoms. The number of anilines is 1. The zero-order valence-electron chi connectivity index (χ0n) is 11.8. The van der Waals surface area contributed by atoms with Gasteiger partial charge in [-0.3, -0.25) is 4.79 Å². The molecule has 0 saturated carbocycles. The van der Waals surface area contributed by atoms with Gasteiger partial charge in [0.25, 0.3) is 5.91 Å². The van der Waals surface area contributed by atoms with E-state index < -0.39 is 0 Å². The summed E-state index contributed by atoms with van der Waals surface area (Å²) in [4.78, 5) is 12.2. The number of aliphatic hydroxyl groups excluding tert-OH is 1. The second-order valence-electron chi connectivity index (χ2n) is 5.76. The molecule has 4 nitrogen and oxygen atoms in total. The molecule has 112 valence electrons. The van der Waals surface area contributed by atoms with E-state index in [2.05, 4.69) is 5.32 Å². The fraction of sp³-hybridized carbons (Fsp3) is 0.500. The molecule has 4 N–H and O–H groups in total. The molecule has 1 aromatic carbocycles. The summed E-state index contributed by atoms with van der Waals surface area (Å²) in [5.74, 6) is -0.290. The van der Waals surface area contributed by atoms with E-state index in [1.807, 2.05) is 20.8 Å². The summed E-state index contributed by atoms with van der Waals surface area (Å²) in [7, 11) is 0. The molecular weight excluding hydrogens is 299 g/mol. The minimum atomic E-state index is -0.290. The number of hydrogen-bond acceptors (Lipinski definition) is 3. The minimum absolute atomic E-state index is 0.00542. The summed E-state index contributed by atoms with van der Waals surface area (Å²) in [6.07, 6.45) is 0.478. The lowest BCUT2D eigenvalue weighted by molar-refractivity contribution is 0.0885. The maximum atomic E-state index is 12.2. The Morgan fingerprint density at radius 3 is 2.25 bits per heavy atom. The van der Waals surface area contributed by atoms with Crippen molar-refractivity contribution in [1.82, 2.24) is 5.32 Å². The second kappa shape index (κ2) is 6.66. The van der Waals surface area contributed by atoms with E-state index in [0.717, 1.165) is 0 Å². The number of nitrogen functional groups attached to an aromatic ring is 1. The number of nitrogens with two attached hydrogens (primary N) is 1. The van der Waals surface area contributed by atoms with Gasteiger partial charge >= 0.3 is 0 Å². The Morgan fingerprint density at radius 1 is 1.35 bits per heavy atom. The quantitative estimate of drug-likeness (QED) is 0.747. The third kappa shape index (κ3) is 4.27. The summed E-state index contributed by atoms with van der Waals surface area (Å²) in [6, 6.07) is 2.81. The van der Waals surface area contributed by atoms with Gasteiger partial charge in [0.05, 0.1) is 15.7 Å². The van der Waals surface area contributed by atoms with E-state index >= 15 is 0 Å². The average molecular weight is 319 g/mol. The largest absolute Gasteiger partial charge is 0.396 e. The van der Waals surface area contributed by atoms with Crippen molar-refractivity contribution < 1.29 is 9.90 Å². The lowest BCUT2D eigenvalue weighted by Gasteiger charge is -2.31. The zero-order chi connectivity index (χ0) is 15.5. The van der Waals surface area contributed by atoms with Crippen LogP contribution in [-0.4, -0.2) is 23.7 Å². The van der Waals surface area contributed by atoms with Crippen LogP contribution in [-0.2, 0) is 0 Å². The monoisotopic (exact) mass is 318 g/mol. The lowest BCUT2D eigenvalue weighted by atomic mass is 9.85. The van der Waals surface area contributed by atoms with E-state index in [4.69, 9.17) is 34.0 Å². The molecule has 1 aromatic rings. The highest BCUT2D eigenvalue weighted by Crippen LogP contribution is 2.29. The first-order valence-corrected chi connectivity index (χ1v) is 7.08. The fourth-order valence-electron chi connectivity index (χ4n) is 1.81. The number of halogens is 2. The molecule has 0 aliphatic rings.